The molecule has 126 valence electrons. The summed E-state index contributed by atoms with van der Waals surface area (Å²) >= 11 is 0. The van der Waals surface area contributed by atoms with Crippen molar-refractivity contribution in [3.05, 3.63) is 12.7 Å². The van der Waals surface area contributed by atoms with Gasteiger partial charge in [-0.2, -0.15) is 0 Å². The van der Waals surface area contributed by atoms with E-state index in [-0.39, 0.29) is 77.9 Å². The van der Waals surface area contributed by atoms with Gasteiger partial charge in [-0.05, 0) is 32.1 Å². The van der Waals surface area contributed by atoms with E-state index in [0.29, 0.717) is 6.42 Å². The quantitative estimate of drug-likeness (QED) is 0.189. The Bertz CT molecular complexity index is 377. The summed E-state index contributed by atoms with van der Waals surface area (Å²) in [5.41, 5.74) is 0. The monoisotopic (exact) mass is 357 g/mol. The van der Waals surface area contributed by atoms with Gasteiger partial charge in [-0.1, -0.05) is 31.8 Å². The first-order chi connectivity index (χ1) is 10.5. The molecule has 1 unspecified atom stereocenters. The number of amides is 1. The predicted octanol–water partition coefficient (Wildman–Crippen LogP) is -5.93. The Hall–Kier alpha value is 0.150. The summed E-state index contributed by atoms with van der Waals surface area (Å²) < 4.78 is 0. The molecule has 0 saturated carbocycles. The fraction of sp³-hybridized carbons (Fsp3) is 0.688. The van der Waals surface area contributed by atoms with Gasteiger partial charge in [-0.3, -0.25) is 4.79 Å². The van der Waals surface area contributed by atoms with Gasteiger partial charge in [-0.25, -0.2) is 0 Å². The Morgan fingerprint density at radius 1 is 0.917 bits per heavy atom. The maximum absolute atomic E-state index is 11.6. The predicted molar refractivity (Wildman–Crippen MR) is 78.3 cm³/mol. The van der Waals surface area contributed by atoms with Crippen LogP contribution in [0.3, 0.4) is 0 Å². The van der Waals surface area contributed by atoms with Crippen molar-refractivity contribution in [3.63, 3.8) is 0 Å². The number of rotatable bonds is 14. The van der Waals surface area contributed by atoms with Crippen LogP contribution < -0.4 is 74.6 Å². The summed E-state index contributed by atoms with van der Waals surface area (Å²) in [5, 5.41) is 23.4. The van der Waals surface area contributed by atoms with Crippen molar-refractivity contribution in [2.24, 2.45) is 0 Å². The molecule has 0 fully saturated rings. The van der Waals surface area contributed by atoms with Gasteiger partial charge in [0, 0.05) is 12.4 Å². The van der Waals surface area contributed by atoms with Crippen LogP contribution in [-0.4, -0.2) is 23.9 Å². The van der Waals surface area contributed by atoms with E-state index in [1.54, 1.807) is 0 Å². The number of unbranched alkanes of at least 4 members (excludes halogenated alkanes) is 6. The van der Waals surface area contributed by atoms with Crippen molar-refractivity contribution in [2.45, 2.75) is 70.3 Å². The zero-order chi connectivity index (χ0) is 16.8. The Morgan fingerprint density at radius 2 is 1.46 bits per heavy atom. The van der Waals surface area contributed by atoms with E-state index in [1.165, 1.54) is 0 Å². The van der Waals surface area contributed by atoms with E-state index in [0.717, 1.165) is 38.5 Å². The summed E-state index contributed by atoms with van der Waals surface area (Å²) in [6.45, 7) is 3.66. The molecule has 0 heterocycles. The molecule has 6 nitrogen and oxygen atoms in total. The summed E-state index contributed by atoms with van der Waals surface area (Å²) in [4.78, 5) is 32.7. The first-order valence-corrected chi connectivity index (χ1v) is 7.78. The van der Waals surface area contributed by atoms with Gasteiger partial charge in [0.1, 0.15) is 0 Å². The third-order valence-corrected chi connectivity index (χ3v) is 3.32. The van der Waals surface area contributed by atoms with Crippen LogP contribution in [0.2, 0.25) is 0 Å². The van der Waals surface area contributed by atoms with Gasteiger partial charge in [-0.15, -0.1) is 6.58 Å². The Balaban J connectivity index is -0.00000220. The van der Waals surface area contributed by atoms with Crippen LogP contribution in [0, 0.1) is 0 Å². The summed E-state index contributed by atoms with van der Waals surface area (Å²) in [6.07, 6.45) is 8.55. The van der Waals surface area contributed by atoms with Gasteiger partial charge in [0.15, 0.2) is 0 Å². The smallest absolute Gasteiger partial charge is 0.550 e. The van der Waals surface area contributed by atoms with Crippen molar-refractivity contribution in [3.8, 4) is 0 Å². The van der Waals surface area contributed by atoms with Gasteiger partial charge in [0.05, 0.1) is 12.0 Å². The molecule has 0 aromatic carbocycles. The molecule has 0 aliphatic heterocycles. The second kappa shape index (κ2) is 19.5. The van der Waals surface area contributed by atoms with Crippen LogP contribution in [0.1, 0.15) is 64.2 Å². The second-order valence-corrected chi connectivity index (χ2v) is 5.30. The third-order valence-electron chi connectivity index (χ3n) is 3.32. The molecule has 0 rings (SSSR count). The molecule has 8 heteroatoms. The largest absolute Gasteiger partial charge is 1.00 e. The standard InChI is InChI=1S/C16H27NO5.2Na/c1-2-3-4-5-6-7-8-9-10-14(18)17-13(16(21)22)11-12-15(19)20;;/h2,13H,1,3-12H2,(H,17,18)(H,19,20)(H,21,22);;/q;2*+1/p-2. The number of carbonyl (C=O) groups is 3. The average Bonchev–Trinajstić information content (AvgIpc) is 2.45. The molecule has 1 atom stereocenters. The zero-order valence-electron chi connectivity index (χ0n) is 15.0. The van der Waals surface area contributed by atoms with E-state index in [1.807, 2.05) is 6.08 Å². The number of nitrogens with one attached hydrogen (secondary N) is 1. The molecule has 1 amide bonds. The number of hydrogen-bond acceptors (Lipinski definition) is 5. The summed E-state index contributed by atoms with van der Waals surface area (Å²) in [5.74, 6) is -3.21. The second-order valence-electron chi connectivity index (χ2n) is 5.30. The van der Waals surface area contributed by atoms with E-state index < -0.39 is 24.4 Å². The van der Waals surface area contributed by atoms with Crippen LogP contribution >= 0.6 is 0 Å². The molecule has 0 saturated heterocycles. The Morgan fingerprint density at radius 3 is 1.96 bits per heavy atom. The van der Waals surface area contributed by atoms with E-state index >= 15 is 0 Å². The number of aliphatic carboxylic acids is 2. The zero-order valence-corrected chi connectivity index (χ0v) is 19.0. The topological polar surface area (TPSA) is 109 Å². The molecule has 0 aromatic heterocycles. The van der Waals surface area contributed by atoms with Crippen LogP contribution in [0.15, 0.2) is 12.7 Å². The van der Waals surface area contributed by atoms with E-state index in [2.05, 4.69) is 11.9 Å². The molecule has 1 N–H and O–H groups in total. The van der Waals surface area contributed by atoms with Crippen LogP contribution in [0.4, 0.5) is 0 Å². The molecule has 0 radical (unpaired) electrons. The van der Waals surface area contributed by atoms with Gasteiger partial charge < -0.3 is 25.1 Å². The molecule has 0 bridgehead atoms. The van der Waals surface area contributed by atoms with E-state index in [9.17, 15) is 24.6 Å². The number of carboxylic acid groups (broad SMARTS) is 2. The molecule has 0 aromatic rings. The minimum atomic E-state index is -1.48. The summed E-state index contributed by atoms with van der Waals surface area (Å²) in [7, 11) is 0. The Labute approximate surface area is 188 Å². The van der Waals surface area contributed by atoms with Gasteiger partial charge in [0.25, 0.3) is 0 Å². The average molecular weight is 357 g/mol. The third kappa shape index (κ3) is 18.5. The molecule has 0 aliphatic rings. The van der Waals surface area contributed by atoms with Gasteiger partial charge in [0.2, 0.25) is 5.91 Å². The molecule has 0 aliphatic carbocycles. The Kier molecular flexibility index (Phi) is 23.5. The minimum Gasteiger partial charge on any atom is -0.550 e. The number of allylic oxidation sites excluding steroid dienone is 1. The molecule has 0 spiro atoms. The van der Waals surface area contributed by atoms with Crippen molar-refractivity contribution in [2.75, 3.05) is 0 Å². The van der Waals surface area contributed by atoms with Crippen LogP contribution in [-0.2, 0) is 14.4 Å². The normalized spacial score (nSPS) is 10.7. The number of carbonyl (C=O) groups excluding carboxylic acids is 3. The maximum Gasteiger partial charge on any atom is 1.00 e. The van der Waals surface area contributed by atoms with Crippen LogP contribution in [0.5, 0.6) is 0 Å². The first-order valence-electron chi connectivity index (χ1n) is 7.78. The van der Waals surface area contributed by atoms with Gasteiger partial charge >= 0.3 is 59.1 Å². The SMILES string of the molecule is C=CCCCCCCCCC(=O)NC(CCC(=O)[O-])C(=O)[O-].[Na+].[Na+]. The molecular weight excluding hydrogens is 332 g/mol. The summed E-state index contributed by atoms with van der Waals surface area (Å²) in [6, 6.07) is -1.27. The van der Waals surface area contributed by atoms with Crippen molar-refractivity contribution in [1.29, 1.82) is 0 Å². The number of hydrogen-bond donors (Lipinski definition) is 1. The molecular formula is C16H25NNa2O5. The minimum absolute atomic E-state index is 0. The first kappa shape index (κ1) is 28.9. The van der Waals surface area contributed by atoms with Crippen LogP contribution in [0.25, 0.3) is 0 Å². The fourth-order valence-electron chi connectivity index (χ4n) is 2.06. The fourth-order valence-corrected chi connectivity index (χ4v) is 2.06. The maximum atomic E-state index is 11.6. The van der Waals surface area contributed by atoms with Crippen molar-refractivity contribution >= 4 is 17.8 Å². The molecule has 24 heavy (non-hydrogen) atoms. The van der Waals surface area contributed by atoms with E-state index in [4.69, 9.17) is 0 Å². The van der Waals surface area contributed by atoms with Crippen molar-refractivity contribution in [1.82, 2.24) is 5.32 Å². The van der Waals surface area contributed by atoms with Crippen molar-refractivity contribution < 1.29 is 83.7 Å². The number of carboxylic acids is 2.